The third kappa shape index (κ3) is 6.89. The monoisotopic (exact) mass is 359 g/mol. The summed E-state index contributed by atoms with van der Waals surface area (Å²) in [6.45, 7) is 5.60. The normalized spacial score (nSPS) is 20.1. The number of hydrogen-bond acceptors (Lipinski definition) is 4. The van der Waals surface area contributed by atoms with Gasteiger partial charge in [-0.2, -0.15) is 13.2 Å². The Kier molecular flexibility index (Phi) is 6.64. The SMILES string of the molecule is CC1CCCN(CC(C)NC(=O)c2ccc(OCC(F)(F)F)nc2)C1. The van der Waals surface area contributed by atoms with Gasteiger partial charge in [0.2, 0.25) is 5.88 Å². The van der Waals surface area contributed by atoms with E-state index in [1.165, 1.54) is 31.2 Å². The largest absolute Gasteiger partial charge is 0.468 e. The molecule has 1 fully saturated rings. The van der Waals surface area contributed by atoms with Gasteiger partial charge in [-0.1, -0.05) is 6.92 Å². The van der Waals surface area contributed by atoms with Crippen molar-refractivity contribution in [3.63, 3.8) is 0 Å². The maximum absolute atomic E-state index is 12.2. The fourth-order valence-electron chi connectivity index (χ4n) is 2.95. The van der Waals surface area contributed by atoms with Crippen LogP contribution in [-0.2, 0) is 0 Å². The average molecular weight is 359 g/mol. The lowest BCUT2D eigenvalue weighted by Gasteiger charge is -2.32. The van der Waals surface area contributed by atoms with Crippen molar-refractivity contribution in [3.8, 4) is 5.88 Å². The minimum atomic E-state index is -4.42. The molecule has 2 heterocycles. The summed E-state index contributed by atoms with van der Waals surface area (Å²) in [5.41, 5.74) is 0.290. The van der Waals surface area contributed by atoms with Crippen molar-refractivity contribution in [2.24, 2.45) is 5.92 Å². The lowest BCUT2D eigenvalue weighted by molar-refractivity contribution is -0.154. The summed E-state index contributed by atoms with van der Waals surface area (Å²) >= 11 is 0. The molecule has 1 N–H and O–H groups in total. The van der Waals surface area contributed by atoms with Crippen LogP contribution in [0.3, 0.4) is 0 Å². The number of alkyl halides is 3. The Hall–Kier alpha value is -1.83. The summed E-state index contributed by atoms with van der Waals surface area (Å²) < 4.78 is 40.8. The van der Waals surface area contributed by atoms with E-state index in [1.807, 2.05) is 6.92 Å². The van der Waals surface area contributed by atoms with Crippen molar-refractivity contribution in [2.75, 3.05) is 26.2 Å². The number of amides is 1. The molecule has 0 aromatic carbocycles. The lowest BCUT2D eigenvalue weighted by atomic mass is 10.00. The predicted octanol–water partition coefficient (Wildman–Crippen LogP) is 2.87. The summed E-state index contributed by atoms with van der Waals surface area (Å²) in [4.78, 5) is 18.3. The van der Waals surface area contributed by atoms with Gasteiger partial charge >= 0.3 is 6.18 Å². The molecule has 1 aliphatic heterocycles. The fourth-order valence-corrected chi connectivity index (χ4v) is 2.95. The van der Waals surface area contributed by atoms with Crippen LogP contribution in [0.4, 0.5) is 13.2 Å². The molecule has 140 valence electrons. The summed E-state index contributed by atoms with van der Waals surface area (Å²) in [6, 6.07) is 2.64. The van der Waals surface area contributed by atoms with Crippen molar-refractivity contribution in [3.05, 3.63) is 23.9 Å². The molecule has 1 aromatic rings. The first-order valence-electron chi connectivity index (χ1n) is 8.42. The summed E-state index contributed by atoms with van der Waals surface area (Å²) in [6.07, 6.45) is -0.785. The number of ether oxygens (including phenoxy) is 1. The van der Waals surface area contributed by atoms with Crippen molar-refractivity contribution in [2.45, 2.75) is 38.9 Å². The van der Waals surface area contributed by atoms with Gasteiger partial charge in [-0.05, 0) is 38.3 Å². The Labute approximate surface area is 145 Å². The highest BCUT2D eigenvalue weighted by atomic mass is 19.4. The molecule has 1 saturated heterocycles. The van der Waals surface area contributed by atoms with Crippen molar-refractivity contribution < 1.29 is 22.7 Å². The molecule has 2 atom stereocenters. The highest BCUT2D eigenvalue weighted by molar-refractivity contribution is 5.94. The first-order chi connectivity index (χ1) is 11.7. The van der Waals surface area contributed by atoms with Gasteiger partial charge in [0.25, 0.3) is 5.91 Å². The summed E-state index contributed by atoms with van der Waals surface area (Å²) in [5, 5.41) is 2.89. The zero-order valence-corrected chi connectivity index (χ0v) is 14.5. The van der Waals surface area contributed by atoms with Crippen LogP contribution in [-0.4, -0.2) is 54.3 Å². The van der Waals surface area contributed by atoms with E-state index in [0.29, 0.717) is 11.5 Å². The van der Waals surface area contributed by atoms with Gasteiger partial charge < -0.3 is 15.0 Å². The third-order valence-electron chi connectivity index (χ3n) is 4.03. The molecule has 2 rings (SSSR count). The van der Waals surface area contributed by atoms with E-state index in [2.05, 4.69) is 26.9 Å². The number of likely N-dealkylation sites (tertiary alicyclic amines) is 1. The van der Waals surface area contributed by atoms with Crippen LogP contribution >= 0.6 is 0 Å². The minimum absolute atomic E-state index is 0.0287. The minimum Gasteiger partial charge on any atom is -0.468 e. The molecule has 1 aromatic heterocycles. The number of hydrogen-bond donors (Lipinski definition) is 1. The molecular formula is C17H24F3N3O2. The molecule has 5 nitrogen and oxygen atoms in total. The molecule has 0 saturated carbocycles. The lowest BCUT2D eigenvalue weighted by Crippen LogP contribution is -2.45. The molecule has 1 amide bonds. The number of rotatable bonds is 6. The maximum Gasteiger partial charge on any atom is 0.422 e. The zero-order valence-electron chi connectivity index (χ0n) is 14.5. The van der Waals surface area contributed by atoms with Gasteiger partial charge in [-0.25, -0.2) is 4.98 Å². The highest BCUT2D eigenvalue weighted by Crippen LogP contribution is 2.17. The second kappa shape index (κ2) is 8.51. The van der Waals surface area contributed by atoms with Gasteiger partial charge in [0, 0.05) is 31.4 Å². The molecule has 0 bridgehead atoms. The number of pyridine rings is 1. The van der Waals surface area contributed by atoms with Crippen LogP contribution in [0.1, 0.15) is 37.0 Å². The van der Waals surface area contributed by atoms with Crippen LogP contribution in [0.15, 0.2) is 18.3 Å². The number of nitrogens with one attached hydrogen (secondary N) is 1. The van der Waals surface area contributed by atoms with Crippen LogP contribution in [0.25, 0.3) is 0 Å². The average Bonchev–Trinajstić information content (AvgIpc) is 2.52. The number of piperidine rings is 1. The second-order valence-electron chi connectivity index (χ2n) is 6.67. The van der Waals surface area contributed by atoms with E-state index in [1.54, 1.807) is 0 Å². The van der Waals surface area contributed by atoms with Crippen LogP contribution < -0.4 is 10.1 Å². The second-order valence-corrected chi connectivity index (χ2v) is 6.67. The van der Waals surface area contributed by atoms with Gasteiger partial charge in [-0.3, -0.25) is 4.79 Å². The van der Waals surface area contributed by atoms with Crippen LogP contribution in [0, 0.1) is 5.92 Å². The van der Waals surface area contributed by atoms with Gasteiger partial charge in [0.1, 0.15) is 0 Å². The van der Waals surface area contributed by atoms with E-state index in [4.69, 9.17) is 0 Å². The number of nitrogens with zero attached hydrogens (tertiary/aromatic N) is 2. The number of carbonyl (C=O) groups is 1. The Bertz CT molecular complexity index is 563. The van der Waals surface area contributed by atoms with E-state index < -0.39 is 12.8 Å². The smallest absolute Gasteiger partial charge is 0.422 e. The maximum atomic E-state index is 12.2. The van der Waals surface area contributed by atoms with Crippen molar-refractivity contribution >= 4 is 5.91 Å². The fraction of sp³-hybridized carbons (Fsp3) is 0.647. The summed E-state index contributed by atoms with van der Waals surface area (Å²) in [7, 11) is 0. The molecule has 1 aliphatic rings. The molecule has 2 unspecified atom stereocenters. The molecular weight excluding hydrogens is 335 g/mol. The van der Waals surface area contributed by atoms with Gasteiger partial charge in [-0.15, -0.1) is 0 Å². The van der Waals surface area contributed by atoms with E-state index in [9.17, 15) is 18.0 Å². The standard InChI is InChI=1S/C17H24F3N3O2/c1-12-4-3-7-23(9-12)10-13(2)22-16(24)14-5-6-15(21-8-14)25-11-17(18,19)20/h5-6,8,12-13H,3-4,7,9-11H2,1-2H3,(H,22,24). The number of carbonyl (C=O) groups excluding carboxylic acids is 1. The Morgan fingerprint density at radius 3 is 2.84 bits per heavy atom. The molecule has 0 spiro atoms. The Morgan fingerprint density at radius 1 is 1.48 bits per heavy atom. The molecule has 8 heteroatoms. The number of aromatic nitrogens is 1. The van der Waals surface area contributed by atoms with Gasteiger partial charge in [0.15, 0.2) is 6.61 Å². The topological polar surface area (TPSA) is 54.5 Å². The number of halogens is 3. The van der Waals surface area contributed by atoms with E-state index in [0.717, 1.165) is 19.6 Å². The van der Waals surface area contributed by atoms with E-state index >= 15 is 0 Å². The first-order valence-corrected chi connectivity index (χ1v) is 8.42. The molecule has 0 radical (unpaired) electrons. The predicted molar refractivity (Wildman–Crippen MR) is 87.6 cm³/mol. The van der Waals surface area contributed by atoms with Crippen LogP contribution in [0.2, 0.25) is 0 Å². The zero-order chi connectivity index (χ0) is 18.4. The Balaban J connectivity index is 1.81. The van der Waals surface area contributed by atoms with Gasteiger partial charge in [0.05, 0.1) is 5.56 Å². The van der Waals surface area contributed by atoms with Crippen molar-refractivity contribution in [1.82, 2.24) is 15.2 Å². The molecule has 0 aliphatic carbocycles. The van der Waals surface area contributed by atoms with Crippen LogP contribution in [0.5, 0.6) is 5.88 Å². The quantitative estimate of drug-likeness (QED) is 0.849. The third-order valence-corrected chi connectivity index (χ3v) is 4.03. The van der Waals surface area contributed by atoms with Crippen molar-refractivity contribution in [1.29, 1.82) is 0 Å². The first kappa shape index (κ1) is 19.5. The summed E-state index contributed by atoms with van der Waals surface area (Å²) in [5.74, 6) is 0.210. The molecule has 25 heavy (non-hydrogen) atoms. The Morgan fingerprint density at radius 2 is 2.24 bits per heavy atom. The highest BCUT2D eigenvalue weighted by Gasteiger charge is 2.28. The van der Waals surface area contributed by atoms with E-state index in [-0.39, 0.29) is 17.8 Å².